The third kappa shape index (κ3) is 7.97. The number of benzene rings is 1. The summed E-state index contributed by atoms with van der Waals surface area (Å²) in [6.07, 6.45) is 7.04. The fraction of sp³-hybridized carbons (Fsp3) is 0.407. The van der Waals surface area contributed by atoms with Crippen molar-refractivity contribution in [3.63, 3.8) is 0 Å². The first kappa shape index (κ1) is 26.0. The Kier molecular flexibility index (Phi) is 9.52. The van der Waals surface area contributed by atoms with Crippen molar-refractivity contribution < 1.29 is 28.5 Å². The van der Waals surface area contributed by atoms with Crippen molar-refractivity contribution >= 4 is 11.9 Å². The van der Waals surface area contributed by atoms with E-state index in [1.165, 1.54) is 5.56 Å². The van der Waals surface area contributed by atoms with Crippen LogP contribution in [0.25, 0.3) is 0 Å². The van der Waals surface area contributed by atoms with Gasteiger partial charge in [0.05, 0.1) is 0 Å². The number of carbonyl (C=O) groups is 2. The zero-order valence-corrected chi connectivity index (χ0v) is 20.0. The van der Waals surface area contributed by atoms with Gasteiger partial charge in [-0.1, -0.05) is 45.2 Å². The van der Waals surface area contributed by atoms with Gasteiger partial charge in [0.1, 0.15) is 37.9 Å². The molecule has 0 saturated carbocycles. The van der Waals surface area contributed by atoms with Gasteiger partial charge in [0.25, 0.3) is 0 Å². The molecule has 0 spiro atoms. The molecule has 1 unspecified atom stereocenters. The van der Waals surface area contributed by atoms with Crippen molar-refractivity contribution in [3.05, 3.63) is 78.1 Å². The monoisotopic (exact) mass is 454 g/mol. The Labute approximate surface area is 196 Å². The van der Waals surface area contributed by atoms with Gasteiger partial charge >= 0.3 is 11.9 Å². The van der Waals surface area contributed by atoms with Crippen molar-refractivity contribution in [2.75, 3.05) is 26.4 Å². The van der Waals surface area contributed by atoms with E-state index in [0.717, 1.165) is 17.9 Å². The molecule has 0 saturated heterocycles. The molecule has 33 heavy (non-hydrogen) atoms. The fourth-order valence-electron chi connectivity index (χ4n) is 3.27. The molecule has 6 nitrogen and oxygen atoms in total. The van der Waals surface area contributed by atoms with Crippen molar-refractivity contribution in [2.45, 2.75) is 39.5 Å². The second kappa shape index (κ2) is 12.1. The standard InChI is InChI=1S/C27H34O6/c1-19(2)25(28)32-17-15-30-23-11-7-21(8-12-23)27(5,6)22-9-13-24(14-10-22)31-16-18-33-26(29)20(3)4/h7-9,11-14,22H,1,3,10,15-18H2,2,4-6H3. The Balaban J connectivity index is 1.81. The quantitative estimate of drug-likeness (QED) is 0.250. The minimum absolute atomic E-state index is 0.0922. The van der Waals surface area contributed by atoms with Crippen molar-refractivity contribution in [2.24, 2.45) is 5.92 Å². The first-order valence-corrected chi connectivity index (χ1v) is 11.0. The van der Waals surface area contributed by atoms with Crippen LogP contribution in [0.15, 0.2) is 72.6 Å². The van der Waals surface area contributed by atoms with Gasteiger partial charge in [0.2, 0.25) is 0 Å². The molecule has 1 aromatic carbocycles. The lowest BCUT2D eigenvalue weighted by Crippen LogP contribution is -2.28. The summed E-state index contributed by atoms with van der Waals surface area (Å²) in [5.74, 6) is 0.994. The number of carbonyl (C=O) groups excluding carboxylic acids is 2. The molecule has 2 rings (SSSR count). The number of ether oxygens (including phenoxy) is 4. The van der Waals surface area contributed by atoms with Gasteiger partial charge < -0.3 is 18.9 Å². The highest BCUT2D eigenvalue weighted by molar-refractivity contribution is 5.87. The molecule has 0 aromatic heterocycles. The Bertz CT molecular complexity index is 920. The van der Waals surface area contributed by atoms with Gasteiger partial charge in [0, 0.05) is 11.1 Å². The van der Waals surface area contributed by atoms with E-state index >= 15 is 0 Å². The van der Waals surface area contributed by atoms with Crippen LogP contribution >= 0.6 is 0 Å². The maximum Gasteiger partial charge on any atom is 0.333 e. The molecule has 0 amide bonds. The molecule has 178 valence electrons. The zero-order valence-electron chi connectivity index (χ0n) is 20.0. The van der Waals surface area contributed by atoms with Gasteiger partial charge in [-0.3, -0.25) is 0 Å². The van der Waals surface area contributed by atoms with Crippen molar-refractivity contribution in [1.82, 2.24) is 0 Å². The predicted octanol–water partition coefficient (Wildman–Crippen LogP) is 5.06. The maximum absolute atomic E-state index is 11.4. The summed E-state index contributed by atoms with van der Waals surface area (Å²) in [4.78, 5) is 22.8. The first-order chi connectivity index (χ1) is 15.6. The molecule has 1 aromatic rings. The van der Waals surface area contributed by atoms with Gasteiger partial charge in [-0.2, -0.15) is 0 Å². The third-order valence-corrected chi connectivity index (χ3v) is 5.46. The molecular formula is C27H34O6. The maximum atomic E-state index is 11.4. The van der Waals surface area contributed by atoms with E-state index in [1.807, 2.05) is 18.2 Å². The lowest BCUT2D eigenvalue weighted by atomic mass is 9.71. The molecule has 0 fully saturated rings. The summed E-state index contributed by atoms with van der Waals surface area (Å²) in [6, 6.07) is 7.99. The molecule has 1 aliphatic carbocycles. The molecule has 0 bridgehead atoms. The lowest BCUT2D eigenvalue weighted by molar-refractivity contribution is -0.140. The van der Waals surface area contributed by atoms with Gasteiger partial charge in [-0.15, -0.1) is 0 Å². The van der Waals surface area contributed by atoms with Crippen LogP contribution in [0.4, 0.5) is 0 Å². The largest absolute Gasteiger partial charge is 0.490 e. The summed E-state index contributed by atoms with van der Waals surface area (Å²) < 4.78 is 21.4. The number of rotatable bonds is 12. The second-order valence-electron chi connectivity index (χ2n) is 8.58. The van der Waals surface area contributed by atoms with Crippen LogP contribution in [0.2, 0.25) is 0 Å². The van der Waals surface area contributed by atoms with Crippen LogP contribution in [0.3, 0.4) is 0 Å². The Morgan fingerprint density at radius 3 is 1.94 bits per heavy atom. The summed E-state index contributed by atoms with van der Waals surface area (Å²) >= 11 is 0. The minimum Gasteiger partial charge on any atom is -0.490 e. The molecule has 0 heterocycles. The highest BCUT2D eigenvalue weighted by Gasteiger charge is 2.30. The van der Waals surface area contributed by atoms with E-state index in [9.17, 15) is 9.59 Å². The van der Waals surface area contributed by atoms with Crippen LogP contribution in [0.1, 0.15) is 39.7 Å². The zero-order chi connectivity index (χ0) is 24.4. The summed E-state index contributed by atoms with van der Waals surface area (Å²) in [7, 11) is 0. The lowest BCUT2D eigenvalue weighted by Gasteiger charge is -2.34. The van der Waals surface area contributed by atoms with Gasteiger partial charge in [-0.05, 0) is 61.4 Å². The number of hydrogen-bond acceptors (Lipinski definition) is 6. The van der Waals surface area contributed by atoms with E-state index in [0.29, 0.717) is 23.7 Å². The molecule has 6 heteroatoms. The molecular weight excluding hydrogens is 420 g/mol. The number of hydrogen-bond donors (Lipinski definition) is 0. The molecule has 0 N–H and O–H groups in total. The van der Waals surface area contributed by atoms with Crippen LogP contribution < -0.4 is 4.74 Å². The minimum atomic E-state index is -0.412. The van der Waals surface area contributed by atoms with E-state index in [4.69, 9.17) is 18.9 Å². The fourth-order valence-corrected chi connectivity index (χ4v) is 3.27. The van der Waals surface area contributed by atoms with Crippen LogP contribution in [-0.4, -0.2) is 38.4 Å². The summed E-state index contributed by atoms with van der Waals surface area (Å²) in [6.45, 7) is 15.7. The average molecular weight is 455 g/mol. The Hall–Kier alpha value is -3.28. The van der Waals surface area contributed by atoms with E-state index in [1.54, 1.807) is 13.8 Å². The number of allylic oxidation sites excluding steroid dienone is 3. The first-order valence-electron chi connectivity index (χ1n) is 11.0. The SMILES string of the molecule is C=C(C)C(=O)OCCOC1=CCC(C(C)(C)c2ccc(OCCOC(=O)C(=C)C)cc2)C=C1. The topological polar surface area (TPSA) is 71.1 Å². The predicted molar refractivity (Wildman–Crippen MR) is 128 cm³/mol. The average Bonchev–Trinajstić information content (AvgIpc) is 2.79. The van der Waals surface area contributed by atoms with E-state index in [2.05, 4.69) is 51.3 Å². The van der Waals surface area contributed by atoms with Crippen molar-refractivity contribution in [3.8, 4) is 5.75 Å². The molecule has 1 aliphatic rings. The van der Waals surface area contributed by atoms with Gasteiger partial charge in [0.15, 0.2) is 0 Å². The van der Waals surface area contributed by atoms with Crippen LogP contribution in [0, 0.1) is 5.92 Å². The highest BCUT2D eigenvalue weighted by Crippen LogP contribution is 2.37. The van der Waals surface area contributed by atoms with Crippen LogP contribution in [-0.2, 0) is 29.2 Å². The summed E-state index contributed by atoms with van der Waals surface area (Å²) in [5, 5.41) is 0. The van der Waals surface area contributed by atoms with E-state index in [-0.39, 0.29) is 25.2 Å². The van der Waals surface area contributed by atoms with E-state index < -0.39 is 11.9 Å². The smallest absolute Gasteiger partial charge is 0.333 e. The number of esters is 2. The normalized spacial score (nSPS) is 15.3. The van der Waals surface area contributed by atoms with Crippen molar-refractivity contribution in [1.29, 1.82) is 0 Å². The highest BCUT2D eigenvalue weighted by atomic mass is 16.6. The Morgan fingerprint density at radius 1 is 0.909 bits per heavy atom. The third-order valence-electron chi connectivity index (χ3n) is 5.46. The molecule has 1 atom stereocenters. The second-order valence-corrected chi connectivity index (χ2v) is 8.58. The summed E-state index contributed by atoms with van der Waals surface area (Å²) in [5.41, 5.74) is 1.85. The van der Waals surface area contributed by atoms with Crippen LogP contribution in [0.5, 0.6) is 5.75 Å². The molecule has 0 radical (unpaired) electrons. The molecule has 0 aliphatic heterocycles. The van der Waals surface area contributed by atoms with Gasteiger partial charge in [-0.25, -0.2) is 9.59 Å². The Morgan fingerprint density at radius 2 is 1.45 bits per heavy atom.